The van der Waals surface area contributed by atoms with Crippen LogP contribution >= 0.6 is 0 Å². The predicted octanol–water partition coefficient (Wildman–Crippen LogP) is 2.71. The van der Waals surface area contributed by atoms with Crippen molar-refractivity contribution in [2.24, 2.45) is 28.1 Å². The van der Waals surface area contributed by atoms with Crippen molar-refractivity contribution in [1.29, 1.82) is 0 Å². The topological polar surface area (TPSA) is 196 Å². The fourth-order valence-corrected chi connectivity index (χ4v) is 7.52. The number of aromatic hydroxyl groups is 1. The van der Waals surface area contributed by atoms with Crippen LogP contribution < -0.4 is 30.7 Å². The summed E-state index contributed by atoms with van der Waals surface area (Å²) in [5, 5.41) is 20.9. The number of rotatable bonds is 16. The van der Waals surface area contributed by atoms with Crippen molar-refractivity contribution >= 4 is 33.8 Å². The highest BCUT2D eigenvalue weighted by atomic mass is 32.2. The third-order valence-electron chi connectivity index (χ3n) is 10.8. The van der Waals surface area contributed by atoms with E-state index in [1.165, 1.54) is 26.2 Å². The molecule has 0 spiro atoms. The van der Waals surface area contributed by atoms with Gasteiger partial charge in [0.05, 0.1) is 20.5 Å². The first-order valence-electron chi connectivity index (χ1n) is 18.2. The van der Waals surface area contributed by atoms with E-state index in [-0.39, 0.29) is 60.6 Å². The molecule has 3 rings (SSSR count). The summed E-state index contributed by atoms with van der Waals surface area (Å²) >= 11 is 0. The molecule has 2 fully saturated rings. The standard InChI is InChI=1S/C37H60F2N6O9S/c1-35(2,3)25(19-44(9)55(12,51)52)42-34(50)43-30(36(4,5)6)33(49)45-18-21-27(37(21,7)8)28(45)32(48)41-22(17-26(38)39)31(47)40-14-13-20-15-23(53-10)29(46)24(16-20)54-11/h15-16,21-22,25-28,30,46H,13-14,17-19H2,1-12H3,(H,40,47)(H,41,48)(H2,42,43,50)/t21-,22-,25+,27-,28-,30+/m0/s1. The van der Waals surface area contributed by atoms with Gasteiger partial charge in [-0.25, -0.2) is 26.3 Å². The molecule has 6 atom stereocenters. The zero-order chi connectivity index (χ0) is 42.0. The van der Waals surface area contributed by atoms with Crippen LogP contribution in [0.4, 0.5) is 13.6 Å². The second-order valence-electron chi connectivity index (χ2n) is 17.3. The lowest BCUT2D eigenvalue weighted by atomic mass is 9.85. The molecule has 0 unspecified atom stereocenters. The van der Waals surface area contributed by atoms with Gasteiger partial charge >= 0.3 is 6.03 Å². The van der Waals surface area contributed by atoms with Crippen LogP contribution in [0.25, 0.3) is 0 Å². The summed E-state index contributed by atoms with van der Waals surface area (Å²) in [4.78, 5) is 56.6. The van der Waals surface area contributed by atoms with Gasteiger partial charge in [-0.05, 0) is 52.2 Å². The number of carbonyl (C=O) groups is 4. The number of carbonyl (C=O) groups excluding carboxylic acids is 4. The number of urea groups is 1. The molecule has 2 aliphatic rings. The highest BCUT2D eigenvalue weighted by Gasteiger charge is 2.70. The van der Waals surface area contributed by atoms with Gasteiger partial charge in [-0.15, -0.1) is 0 Å². The molecule has 1 saturated heterocycles. The van der Waals surface area contributed by atoms with Crippen LogP contribution in [0.1, 0.15) is 67.4 Å². The molecule has 1 aliphatic heterocycles. The average molecular weight is 803 g/mol. The van der Waals surface area contributed by atoms with Crippen molar-refractivity contribution < 1.29 is 51.0 Å². The number of nitrogens with one attached hydrogen (secondary N) is 4. The molecule has 1 heterocycles. The Morgan fingerprint density at radius 1 is 1.00 bits per heavy atom. The maximum Gasteiger partial charge on any atom is 0.315 e. The number of alkyl halides is 2. The quantitative estimate of drug-likeness (QED) is 0.167. The van der Waals surface area contributed by atoms with Gasteiger partial charge in [-0.1, -0.05) is 55.4 Å². The molecule has 312 valence electrons. The second-order valence-corrected chi connectivity index (χ2v) is 19.4. The van der Waals surface area contributed by atoms with E-state index in [4.69, 9.17) is 9.47 Å². The number of phenols is 1. The maximum absolute atomic E-state index is 14.4. The Morgan fingerprint density at radius 3 is 2.04 bits per heavy atom. The minimum Gasteiger partial charge on any atom is -0.502 e. The van der Waals surface area contributed by atoms with Crippen molar-refractivity contribution in [2.45, 2.75) is 98.8 Å². The van der Waals surface area contributed by atoms with Crippen molar-refractivity contribution in [3.8, 4) is 17.2 Å². The van der Waals surface area contributed by atoms with Gasteiger partial charge in [0.15, 0.2) is 11.5 Å². The molecular weight excluding hydrogens is 743 g/mol. The van der Waals surface area contributed by atoms with E-state index in [1.54, 1.807) is 32.9 Å². The number of nitrogens with zero attached hydrogens (tertiary/aromatic N) is 2. The van der Waals surface area contributed by atoms with E-state index in [2.05, 4.69) is 21.3 Å². The Labute approximate surface area is 323 Å². The number of phenolic OH excluding ortho intramolecular Hbond substituents is 1. The fraction of sp³-hybridized carbons (Fsp3) is 0.730. The summed E-state index contributed by atoms with van der Waals surface area (Å²) < 4.78 is 63.3. The molecule has 18 heteroatoms. The lowest BCUT2D eigenvalue weighted by Crippen LogP contribution is -2.62. The number of methoxy groups -OCH3 is 2. The number of hydrogen-bond donors (Lipinski definition) is 5. The molecule has 0 radical (unpaired) electrons. The lowest BCUT2D eigenvalue weighted by Gasteiger charge is -2.39. The number of fused-ring (bicyclic) bond motifs is 1. The number of ether oxygens (including phenoxy) is 2. The molecular formula is C37H60F2N6O9S. The van der Waals surface area contributed by atoms with Gasteiger partial charge in [0.25, 0.3) is 0 Å². The Bertz CT molecular complexity index is 1670. The smallest absolute Gasteiger partial charge is 0.315 e. The summed E-state index contributed by atoms with van der Waals surface area (Å²) in [6.45, 7) is 14.8. The fourth-order valence-electron chi connectivity index (χ4n) is 7.10. The molecule has 1 aromatic carbocycles. The Kier molecular flexibility index (Phi) is 14.1. The molecule has 15 nitrogen and oxygen atoms in total. The van der Waals surface area contributed by atoms with Gasteiger partial charge in [0.1, 0.15) is 18.1 Å². The van der Waals surface area contributed by atoms with Gasteiger partial charge in [-0.2, -0.15) is 0 Å². The molecule has 55 heavy (non-hydrogen) atoms. The SMILES string of the molecule is COc1cc(CCNC(=O)[C@H](CC(F)F)NC(=O)[C@@H]2[C@@H]3[C@H](CN2C(=O)[C@@H](NC(=O)N[C@H](CN(C)S(C)(=O)=O)C(C)(C)C)C(C)(C)C)C3(C)C)cc(OC)c1O. The third-order valence-corrected chi connectivity index (χ3v) is 12.1. The number of sulfonamides is 1. The van der Waals surface area contributed by atoms with Crippen LogP contribution in [-0.4, -0.2) is 124 Å². The van der Waals surface area contributed by atoms with Gasteiger partial charge in [0.2, 0.25) is 39.9 Å². The molecule has 5 N–H and O–H groups in total. The van der Waals surface area contributed by atoms with Crippen molar-refractivity contribution in [3.63, 3.8) is 0 Å². The van der Waals surface area contributed by atoms with E-state index in [0.717, 1.165) is 10.6 Å². The number of hydrogen-bond acceptors (Lipinski definition) is 9. The van der Waals surface area contributed by atoms with Crippen molar-refractivity contribution in [2.75, 3.05) is 47.2 Å². The number of likely N-dealkylation sites (tertiary alicyclic amines) is 1. The van der Waals surface area contributed by atoms with Crippen LogP contribution in [-0.2, 0) is 30.8 Å². The van der Waals surface area contributed by atoms with Gasteiger partial charge in [-0.3, -0.25) is 14.4 Å². The molecule has 1 saturated carbocycles. The summed E-state index contributed by atoms with van der Waals surface area (Å²) in [6, 6.07) is -2.12. The van der Waals surface area contributed by atoms with Gasteiger partial charge in [0, 0.05) is 39.1 Å². The van der Waals surface area contributed by atoms with Crippen LogP contribution in [0.5, 0.6) is 17.2 Å². The normalized spacial score (nSPS) is 20.9. The molecule has 0 aromatic heterocycles. The highest BCUT2D eigenvalue weighted by Crippen LogP contribution is 2.65. The minimum absolute atomic E-state index is 0.00108. The highest BCUT2D eigenvalue weighted by molar-refractivity contribution is 7.88. The Hall–Kier alpha value is -3.93. The monoisotopic (exact) mass is 802 g/mol. The first kappa shape index (κ1) is 45.5. The first-order chi connectivity index (χ1) is 25.1. The number of halogens is 2. The van der Waals surface area contributed by atoms with E-state index < -0.39 is 81.6 Å². The van der Waals surface area contributed by atoms with Crippen LogP contribution in [0.15, 0.2) is 12.1 Å². The zero-order valence-corrected chi connectivity index (χ0v) is 34.8. The van der Waals surface area contributed by atoms with Crippen molar-refractivity contribution in [3.05, 3.63) is 17.7 Å². The van der Waals surface area contributed by atoms with E-state index >= 15 is 0 Å². The number of amides is 5. The largest absolute Gasteiger partial charge is 0.502 e. The molecule has 1 aliphatic carbocycles. The van der Waals surface area contributed by atoms with E-state index in [0.29, 0.717) is 5.56 Å². The molecule has 0 bridgehead atoms. The van der Waals surface area contributed by atoms with Gasteiger partial charge < -0.3 is 40.7 Å². The van der Waals surface area contributed by atoms with Crippen molar-refractivity contribution in [1.82, 2.24) is 30.5 Å². The summed E-state index contributed by atoms with van der Waals surface area (Å²) in [5.74, 6) is -2.45. The Morgan fingerprint density at radius 2 is 1.56 bits per heavy atom. The Balaban J connectivity index is 1.80. The lowest BCUT2D eigenvalue weighted by molar-refractivity contribution is -0.144. The predicted molar refractivity (Wildman–Crippen MR) is 202 cm³/mol. The number of piperidine rings is 1. The van der Waals surface area contributed by atoms with Crippen LogP contribution in [0.2, 0.25) is 0 Å². The number of likely N-dealkylation sites (N-methyl/N-ethyl adjacent to an activating group) is 1. The maximum atomic E-state index is 14.4. The summed E-state index contributed by atoms with van der Waals surface area (Å²) in [5.41, 5.74) is -1.16. The van der Waals surface area contributed by atoms with Crippen LogP contribution in [0.3, 0.4) is 0 Å². The molecule has 1 aromatic rings. The van der Waals surface area contributed by atoms with E-state index in [1.807, 2.05) is 34.6 Å². The van der Waals surface area contributed by atoms with E-state index in [9.17, 15) is 41.5 Å². The van der Waals surface area contributed by atoms with Crippen LogP contribution in [0, 0.1) is 28.1 Å². The summed E-state index contributed by atoms with van der Waals surface area (Å²) in [6.07, 6.45) is -2.62. The molecule has 5 amide bonds. The second kappa shape index (κ2) is 17.1. The third kappa shape index (κ3) is 11.1. The minimum atomic E-state index is -3.55. The number of benzene rings is 1. The zero-order valence-electron chi connectivity index (χ0n) is 34.0. The average Bonchev–Trinajstić information content (AvgIpc) is 3.35. The first-order valence-corrected chi connectivity index (χ1v) is 20.1. The summed E-state index contributed by atoms with van der Waals surface area (Å²) in [7, 11) is 0.588.